The Bertz CT molecular complexity index is 605. The first-order chi connectivity index (χ1) is 9.65. The number of rotatable bonds is 5. The molecule has 0 amide bonds. The molecule has 0 fully saturated rings. The quantitative estimate of drug-likeness (QED) is 0.759. The van der Waals surface area contributed by atoms with E-state index in [1.165, 1.54) is 18.2 Å². The van der Waals surface area contributed by atoms with E-state index < -0.39 is 11.6 Å². The lowest BCUT2D eigenvalue weighted by Gasteiger charge is -2.11. The second-order valence-corrected chi connectivity index (χ2v) is 4.68. The van der Waals surface area contributed by atoms with Crippen LogP contribution < -0.4 is 4.74 Å². The Labute approximate surface area is 122 Å². The van der Waals surface area contributed by atoms with Crippen molar-refractivity contribution in [1.82, 2.24) is 0 Å². The van der Waals surface area contributed by atoms with E-state index in [9.17, 15) is 9.18 Å². The van der Waals surface area contributed by atoms with Crippen LogP contribution in [0.5, 0.6) is 5.75 Å². The summed E-state index contributed by atoms with van der Waals surface area (Å²) in [6.07, 6.45) is 0.822. The molecule has 0 aliphatic carbocycles. The number of hydrogen-bond donors (Lipinski definition) is 0. The monoisotopic (exact) mass is 292 g/mol. The second-order valence-electron chi connectivity index (χ2n) is 4.27. The summed E-state index contributed by atoms with van der Waals surface area (Å²) in [5.41, 5.74) is 0.190. The minimum Gasteiger partial charge on any atom is -0.493 e. The summed E-state index contributed by atoms with van der Waals surface area (Å²) in [6.45, 7) is 2.47. The highest BCUT2D eigenvalue weighted by Gasteiger charge is 2.20. The van der Waals surface area contributed by atoms with Crippen LogP contribution in [-0.2, 0) is 0 Å². The van der Waals surface area contributed by atoms with E-state index >= 15 is 0 Å². The van der Waals surface area contributed by atoms with Gasteiger partial charge in [-0.1, -0.05) is 36.7 Å². The third kappa shape index (κ3) is 2.99. The predicted octanol–water partition coefficient (Wildman–Crippen LogP) is 4.50. The Morgan fingerprint density at radius 3 is 2.65 bits per heavy atom. The van der Waals surface area contributed by atoms with Gasteiger partial charge in [-0.15, -0.1) is 0 Å². The number of carbonyl (C=O) groups is 1. The van der Waals surface area contributed by atoms with Gasteiger partial charge in [0.25, 0.3) is 0 Å². The molecule has 0 radical (unpaired) electrons. The first-order valence-corrected chi connectivity index (χ1v) is 6.73. The van der Waals surface area contributed by atoms with Gasteiger partial charge < -0.3 is 4.74 Å². The molecule has 2 aromatic rings. The van der Waals surface area contributed by atoms with Crippen LogP contribution in [0.4, 0.5) is 4.39 Å². The molecule has 0 aliphatic heterocycles. The summed E-state index contributed by atoms with van der Waals surface area (Å²) in [6, 6.07) is 11.0. The van der Waals surface area contributed by atoms with Crippen LogP contribution in [0.3, 0.4) is 0 Å². The molecular weight excluding hydrogens is 279 g/mol. The van der Waals surface area contributed by atoms with Crippen molar-refractivity contribution >= 4 is 17.4 Å². The van der Waals surface area contributed by atoms with E-state index in [0.29, 0.717) is 17.9 Å². The molecule has 0 unspecified atom stereocenters. The number of ether oxygens (including phenoxy) is 1. The molecule has 0 spiro atoms. The summed E-state index contributed by atoms with van der Waals surface area (Å²) in [5.74, 6) is -0.661. The minimum atomic E-state index is -0.632. The standard InChI is InChI=1S/C16H14ClFO2/c1-2-10-20-14-9-4-3-6-11(14)16(19)15-12(17)7-5-8-13(15)18/h3-9H,2,10H2,1H3. The number of benzene rings is 2. The van der Waals surface area contributed by atoms with Gasteiger partial charge in [0.1, 0.15) is 11.6 Å². The number of hydrogen-bond acceptors (Lipinski definition) is 2. The smallest absolute Gasteiger partial charge is 0.201 e. The Morgan fingerprint density at radius 1 is 1.20 bits per heavy atom. The lowest BCUT2D eigenvalue weighted by atomic mass is 10.0. The first-order valence-electron chi connectivity index (χ1n) is 6.35. The third-order valence-corrected chi connectivity index (χ3v) is 3.10. The lowest BCUT2D eigenvalue weighted by Crippen LogP contribution is -2.08. The topological polar surface area (TPSA) is 26.3 Å². The molecule has 0 saturated carbocycles. The molecule has 2 rings (SSSR count). The summed E-state index contributed by atoms with van der Waals surface area (Å²) < 4.78 is 19.3. The molecule has 0 aliphatic rings. The average molecular weight is 293 g/mol. The van der Waals surface area contributed by atoms with E-state index in [1.54, 1.807) is 24.3 Å². The van der Waals surface area contributed by atoms with Crippen molar-refractivity contribution < 1.29 is 13.9 Å². The van der Waals surface area contributed by atoms with Crippen LogP contribution in [0.15, 0.2) is 42.5 Å². The van der Waals surface area contributed by atoms with Crippen LogP contribution in [0.2, 0.25) is 5.02 Å². The maximum Gasteiger partial charge on any atom is 0.201 e. The maximum atomic E-state index is 13.8. The molecular formula is C16H14ClFO2. The summed E-state index contributed by atoms with van der Waals surface area (Å²) in [5, 5.41) is 0.0975. The van der Waals surface area contributed by atoms with Crippen molar-refractivity contribution in [3.05, 3.63) is 64.4 Å². The largest absolute Gasteiger partial charge is 0.493 e. The van der Waals surface area contributed by atoms with Gasteiger partial charge in [0.05, 0.1) is 22.8 Å². The zero-order valence-corrected chi connectivity index (χ0v) is 11.8. The van der Waals surface area contributed by atoms with E-state index in [2.05, 4.69) is 0 Å². The lowest BCUT2D eigenvalue weighted by molar-refractivity contribution is 0.103. The van der Waals surface area contributed by atoms with E-state index in [4.69, 9.17) is 16.3 Å². The number of halogens is 2. The van der Waals surface area contributed by atoms with Gasteiger partial charge in [0.15, 0.2) is 0 Å². The first kappa shape index (κ1) is 14.5. The fraction of sp³-hybridized carbons (Fsp3) is 0.188. The third-order valence-electron chi connectivity index (χ3n) is 2.78. The molecule has 2 aromatic carbocycles. The molecule has 104 valence electrons. The zero-order chi connectivity index (χ0) is 14.5. The SMILES string of the molecule is CCCOc1ccccc1C(=O)c1c(F)cccc1Cl. The molecule has 0 N–H and O–H groups in total. The second kappa shape index (κ2) is 6.53. The molecule has 0 heterocycles. The van der Waals surface area contributed by atoms with Gasteiger partial charge in [0.2, 0.25) is 5.78 Å². The molecule has 0 aromatic heterocycles. The Hall–Kier alpha value is -1.87. The molecule has 20 heavy (non-hydrogen) atoms. The summed E-state index contributed by atoms with van der Waals surface area (Å²) in [7, 11) is 0. The van der Waals surface area contributed by atoms with Gasteiger partial charge in [-0.25, -0.2) is 4.39 Å². The number of para-hydroxylation sites is 1. The Balaban J connectivity index is 2.43. The van der Waals surface area contributed by atoms with Gasteiger partial charge >= 0.3 is 0 Å². The Kier molecular flexibility index (Phi) is 4.74. The van der Waals surface area contributed by atoms with E-state index in [1.807, 2.05) is 6.92 Å². The summed E-state index contributed by atoms with van der Waals surface area (Å²) >= 11 is 5.93. The average Bonchev–Trinajstić information content (AvgIpc) is 2.45. The minimum absolute atomic E-state index is 0.0975. The zero-order valence-electron chi connectivity index (χ0n) is 11.0. The van der Waals surface area contributed by atoms with Crippen molar-refractivity contribution in [2.45, 2.75) is 13.3 Å². The van der Waals surface area contributed by atoms with Crippen molar-refractivity contribution in [1.29, 1.82) is 0 Å². The fourth-order valence-electron chi connectivity index (χ4n) is 1.84. The van der Waals surface area contributed by atoms with Crippen LogP contribution >= 0.6 is 11.6 Å². The molecule has 0 atom stereocenters. The van der Waals surface area contributed by atoms with Crippen LogP contribution in [0.1, 0.15) is 29.3 Å². The summed E-state index contributed by atoms with van der Waals surface area (Å²) in [4.78, 5) is 12.5. The van der Waals surface area contributed by atoms with Gasteiger partial charge in [-0.2, -0.15) is 0 Å². The highest BCUT2D eigenvalue weighted by molar-refractivity contribution is 6.35. The van der Waals surface area contributed by atoms with Crippen LogP contribution in [-0.4, -0.2) is 12.4 Å². The number of ketones is 1. The maximum absolute atomic E-state index is 13.8. The molecule has 0 bridgehead atoms. The van der Waals surface area contributed by atoms with E-state index in [0.717, 1.165) is 6.42 Å². The van der Waals surface area contributed by atoms with Crippen molar-refractivity contribution in [2.24, 2.45) is 0 Å². The van der Waals surface area contributed by atoms with Crippen molar-refractivity contribution in [3.63, 3.8) is 0 Å². The number of carbonyl (C=O) groups excluding carboxylic acids is 1. The molecule has 4 heteroatoms. The van der Waals surface area contributed by atoms with Gasteiger partial charge in [-0.05, 0) is 30.7 Å². The fourth-order valence-corrected chi connectivity index (χ4v) is 2.09. The molecule has 0 saturated heterocycles. The highest BCUT2D eigenvalue weighted by Crippen LogP contribution is 2.27. The predicted molar refractivity (Wildman–Crippen MR) is 77.1 cm³/mol. The Morgan fingerprint density at radius 2 is 1.95 bits per heavy atom. The van der Waals surface area contributed by atoms with Gasteiger partial charge in [-0.3, -0.25) is 4.79 Å². The molecule has 2 nitrogen and oxygen atoms in total. The van der Waals surface area contributed by atoms with Crippen molar-refractivity contribution in [3.8, 4) is 5.75 Å². The normalized spacial score (nSPS) is 10.3. The van der Waals surface area contributed by atoms with Gasteiger partial charge in [0, 0.05) is 0 Å². The highest BCUT2D eigenvalue weighted by atomic mass is 35.5. The van der Waals surface area contributed by atoms with E-state index in [-0.39, 0.29) is 10.6 Å². The van der Waals surface area contributed by atoms with Crippen LogP contribution in [0, 0.1) is 5.82 Å². The van der Waals surface area contributed by atoms with Crippen LogP contribution in [0.25, 0.3) is 0 Å². The van der Waals surface area contributed by atoms with Crippen molar-refractivity contribution in [2.75, 3.05) is 6.61 Å².